The first-order valence-corrected chi connectivity index (χ1v) is 7.90. The number of ether oxygens (including phenoxy) is 1. The van der Waals surface area contributed by atoms with Crippen molar-refractivity contribution in [2.24, 2.45) is 0 Å². The van der Waals surface area contributed by atoms with E-state index in [1.807, 2.05) is 24.6 Å². The highest BCUT2D eigenvalue weighted by Gasteiger charge is 2.34. The molecule has 0 unspecified atom stereocenters. The van der Waals surface area contributed by atoms with Gasteiger partial charge in [0.1, 0.15) is 6.10 Å². The quantitative estimate of drug-likeness (QED) is 0.882. The topological polar surface area (TPSA) is 73.2 Å². The lowest BCUT2D eigenvalue weighted by Gasteiger charge is -2.21. The third-order valence-corrected chi connectivity index (χ3v) is 3.67. The minimum Gasteiger partial charge on any atom is -0.370 e. The fraction of sp³-hybridized carbons (Fsp3) is 0.727. The molecule has 0 radical (unpaired) electrons. The van der Waals surface area contributed by atoms with Crippen LogP contribution >= 0.6 is 0 Å². The van der Waals surface area contributed by atoms with Gasteiger partial charge in [-0.25, -0.2) is 13.1 Å². The molecule has 1 fully saturated rings. The summed E-state index contributed by atoms with van der Waals surface area (Å²) in [5.74, 6) is 0. The number of nitrogens with zero attached hydrogens (tertiary/aromatic N) is 2. The maximum Gasteiger partial charge on any atom is 0.209 e. The van der Waals surface area contributed by atoms with Gasteiger partial charge in [0.05, 0.1) is 18.0 Å². The van der Waals surface area contributed by atoms with Crippen molar-refractivity contribution in [1.29, 1.82) is 0 Å². The van der Waals surface area contributed by atoms with E-state index in [2.05, 4.69) is 9.82 Å². The molecule has 1 aliphatic heterocycles. The zero-order valence-electron chi connectivity index (χ0n) is 10.8. The van der Waals surface area contributed by atoms with E-state index in [1.165, 1.54) is 6.26 Å². The Morgan fingerprint density at radius 3 is 2.89 bits per heavy atom. The Balaban J connectivity index is 2.23. The second kappa shape index (κ2) is 4.99. The molecule has 0 aromatic carbocycles. The normalized spacial score (nSPS) is 24.9. The van der Waals surface area contributed by atoms with Crippen LogP contribution in [0.3, 0.4) is 0 Å². The third-order valence-electron chi connectivity index (χ3n) is 2.94. The summed E-state index contributed by atoms with van der Waals surface area (Å²) in [6.07, 6.45) is 3.31. The second-order valence-electron chi connectivity index (χ2n) is 4.87. The molecule has 102 valence electrons. The smallest absolute Gasteiger partial charge is 0.209 e. The Bertz CT molecular complexity index is 509. The van der Waals surface area contributed by atoms with Crippen molar-refractivity contribution in [2.75, 3.05) is 12.9 Å². The van der Waals surface area contributed by atoms with Gasteiger partial charge in [0, 0.05) is 18.8 Å². The van der Waals surface area contributed by atoms with Crippen LogP contribution in [0.2, 0.25) is 0 Å². The lowest BCUT2D eigenvalue weighted by atomic mass is 10.1. The van der Waals surface area contributed by atoms with E-state index in [0.29, 0.717) is 13.0 Å². The van der Waals surface area contributed by atoms with E-state index in [9.17, 15) is 8.42 Å². The molecule has 0 aliphatic carbocycles. The molecule has 0 saturated carbocycles. The molecule has 18 heavy (non-hydrogen) atoms. The van der Waals surface area contributed by atoms with E-state index >= 15 is 0 Å². The first kappa shape index (κ1) is 13.5. The molecule has 2 heterocycles. The number of hydrogen-bond acceptors (Lipinski definition) is 4. The van der Waals surface area contributed by atoms with Gasteiger partial charge in [0.25, 0.3) is 0 Å². The summed E-state index contributed by atoms with van der Waals surface area (Å²) in [5, 5.41) is 4.25. The fourth-order valence-corrected chi connectivity index (χ4v) is 3.05. The van der Waals surface area contributed by atoms with Crippen LogP contribution < -0.4 is 4.72 Å². The summed E-state index contributed by atoms with van der Waals surface area (Å²) in [6.45, 7) is 4.62. The molecule has 1 aliphatic rings. The van der Waals surface area contributed by atoms with E-state index in [0.717, 1.165) is 5.69 Å². The van der Waals surface area contributed by atoms with Gasteiger partial charge in [-0.2, -0.15) is 5.10 Å². The van der Waals surface area contributed by atoms with Crippen LogP contribution in [0.15, 0.2) is 12.3 Å². The summed E-state index contributed by atoms with van der Waals surface area (Å²) in [6, 6.07) is 1.89. The van der Waals surface area contributed by atoms with Crippen molar-refractivity contribution >= 4 is 10.0 Å². The van der Waals surface area contributed by atoms with Gasteiger partial charge >= 0.3 is 0 Å². The Morgan fingerprint density at radius 1 is 1.56 bits per heavy atom. The van der Waals surface area contributed by atoms with Crippen molar-refractivity contribution in [3.8, 4) is 0 Å². The largest absolute Gasteiger partial charge is 0.370 e. The molecule has 7 heteroatoms. The zero-order chi connectivity index (χ0) is 13.3. The second-order valence-corrected chi connectivity index (χ2v) is 6.65. The average Bonchev–Trinajstić information content (AvgIpc) is 2.81. The first-order chi connectivity index (χ1) is 8.38. The molecule has 2 rings (SSSR count). The van der Waals surface area contributed by atoms with E-state index in [4.69, 9.17) is 4.74 Å². The zero-order valence-corrected chi connectivity index (χ0v) is 11.6. The highest BCUT2D eigenvalue weighted by molar-refractivity contribution is 7.88. The summed E-state index contributed by atoms with van der Waals surface area (Å²) < 4.78 is 32.8. The predicted octanol–water partition coefficient (Wildman–Crippen LogP) is 0.843. The van der Waals surface area contributed by atoms with Crippen molar-refractivity contribution in [3.63, 3.8) is 0 Å². The molecule has 0 amide bonds. The lowest BCUT2D eigenvalue weighted by Crippen LogP contribution is -2.36. The third kappa shape index (κ3) is 2.90. The Kier molecular flexibility index (Phi) is 3.74. The number of nitrogens with one attached hydrogen (secondary N) is 1. The van der Waals surface area contributed by atoms with Crippen LogP contribution in [0, 0.1) is 0 Å². The monoisotopic (exact) mass is 273 g/mol. The predicted molar refractivity (Wildman–Crippen MR) is 67.7 cm³/mol. The van der Waals surface area contributed by atoms with Crippen LogP contribution in [0.1, 0.15) is 38.1 Å². The number of hydrogen-bond donors (Lipinski definition) is 1. The van der Waals surface area contributed by atoms with Crippen molar-refractivity contribution < 1.29 is 13.2 Å². The fourth-order valence-electron chi connectivity index (χ4n) is 2.26. The van der Waals surface area contributed by atoms with Crippen molar-refractivity contribution in [3.05, 3.63) is 18.0 Å². The Labute approximate surface area is 107 Å². The summed E-state index contributed by atoms with van der Waals surface area (Å²) in [4.78, 5) is 0. The first-order valence-electron chi connectivity index (χ1n) is 6.01. The maximum atomic E-state index is 11.3. The highest BCUT2D eigenvalue weighted by atomic mass is 32.2. The van der Waals surface area contributed by atoms with Gasteiger partial charge in [-0.05, 0) is 26.3 Å². The minimum absolute atomic E-state index is 0.214. The van der Waals surface area contributed by atoms with Crippen LogP contribution in [0.25, 0.3) is 0 Å². The molecular formula is C11H19N3O3S. The molecule has 1 N–H and O–H groups in total. The van der Waals surface area contributed by atoms with Gasteiger partial charge < -0.3 is 4.74 Å². The Hall–Kier alpha value is -0.920. The summed E-state index contributed by atoms with van der Waals surface area (Å²) >= 11 is 0. The van der Waals surface area contributed by atoms with Gasteiger partial charge in [-0.15, -0.1) is 0 Å². The molecule has 2 atom stereocenters. The maximum absolute atomic E-state index is 11.3. The van der Waals surface area contributed by atoms with Crippen LogP contribution in [-0.4, -0.2) is 37.1 Å². The lowest BCUT2D eigenvalue weighted by molar-refractivity contribution is 0.0939. The summed E-state index contributed by atoms with van der Waals surface area (Å²) in [7, 11) is -3.22. The SMILES string of the molecule is CC(C)n1nccc1[C@H]1OCC[C@@H]1NS(C)(=O)=O. The molecular weight excluding hydrogens is 254 g/mol. The molecule has 1 aromatic rings. The minimum atomic E-state index is -3.22. The van der Waals surface area contributed by atoms with Gasteiger partial charge in [0.15, 0.2) is 0 Å². The van der Waals surface area contributed by atoms with Crippen molar-refractivity contribution in [2.45, 2.75) is 38.5 Å². The van der Waals surface area contributed by atoms with Crippen molar-refractivity contribution in [1.82, 2.24) is 14.5 Å². The summed E-state index contributed by atoms with van der Waals surface area (Å²) in [5.41, 5.74) is 0.920. The molecule has 0 spiro atoms. The highest BCUT2D eigenvalue weighted by Crippen LogP contribution is 2.30. The van der Waals surface area contributed by atoms with Gasteiger partial charge in [-0.1, -0.05) is 0 Å². The van der Waals surface area contributed by atoms with Crippen LogP contribution in [-0.2, 0) is 14.8 Å². The average molecular weight is 273 g/mol. The number of sulfonamides is 1. The number of aromatic nitrogens is 2. The van der Waals surface area contributed by atoms with Gasteiger partial charge in [-0.3, -0.25) is 4.68 Å². The van der Waals surface area contributed by atoms with Crippen LogP contribution in [0.4, 0.5) is 0 Å². The van der Waals surface area contributed by atoms with Crippen LogP contribution in [0.5, 0.6) is 0 Å². The molecule has 6 nitrogen and oxygen atoms in total. The van der Waals surface area contributed by atoms with E-state index < -0.39 is 10.0 Å². The molecule has 1 aromatic heterocycles. The molecule has 0 bridgehead atoms. The van der Waals surface area contributed by atoms with E-state index in [-0.39, 0.29) is 18.2 Å². The van der Waals surface area contributed by atoms with E-state index in [1.54, 1.807) is 6.20 Å². The van der Waals surface area contributed by atoms with Gasteiger partial charge in [0.2, 0.25) is 10.0 Å². The Morgan fingerprint density at radius 2 is 2.28 bits per heavy atom. The number of rotatable bonds is 4. The molecule has 1 saturated heterocycles. The standard InChI is InChI=1S/C11H19N3O3S/c1-8(2)14-10(4-6-12-14)11-9(5-7-17-11)13-18(3,15)16/h4,6,8-9,11,13H,5,7H2,1-3H3/t9-,11-/m0/s1.